The summed E-state index contributed by atoms with van der Waals surface area (Å²) in [5.74, 6) is -0.431. The molecule has 0 radical (unpaired) electrons. The van der Waals surface area contributed by atoms with Gasteiger partial charge >= 0.3 is 6.18 Å². The Morgan fingerprint density at radius 3 is 2.46 bits per heavy atom. The van der Waals surface area contributed by atoms with E-state index in [1.807, 2.05) is 11.0 Å². The topological polar surface area (TPSA) is 69.0 Å². The SMILES string of the molecule is C/C=C(\C)NC(=O)c1c(N2CCCC(C)(C)CC2)nc(C(F)(F)F)c(-c2ccc(C#N)cc2)c1C.[HH]. The van der Waals surface area contributed by atoms with Crippen LogP contribution in [-0.4, -0.2) is 24.0 Å². The van der Waals surface area contributed by atoms with E-state index in [1.165, 1.54) is 31.2 Å². The summed E-state index contributed by atoms with van der Waals surface area (Å²) in [6.07, 6.45) is -0.498. The predicted octanol–water partition coefficient (Wildman–Crippen LogP) is 6.86. The number of anilines is 1. The summed E-state index contributed by atoms with van der Waals surface area (Å²) in [6, 6.07) is 7.82. The third-order valence-corrected chi connectivity index (χ3v) is 6.61. The van der Waals surface area contributed by atoms with Crippen LogP contribution in [0, 0.1) is 23.7 Å². The van der Waals surface area contributed by atoms with Crippen LogP contribution in [0.25, 0.3) is 11.1 Å². The minimum Gasteiger partial charge on any atom is -0.356 e. The fourth-order valence-corrected chi connectivity index (χ4v) is 4.41. The average Bonchev–Trinajstić information content (AvgIpc) is 2.98. The number of hydrogen-bond donors (Lipinski definition) is 1. The molecule has 1 N–H and O–H groups in total. The van der Waals surface area contributed by atoms with Crippen LogP contribution in [0.3, 0.4) is 0 Å². The lowest BCUT2D eigenvalue weighted by atomic mass is 9.85. The smallest absolute Gasteiger partial charge is 0.356 e. The summed E-state index contributed by atoms with van der Waals surface area (Å²) in [5.41, 5.74) is 0.400. The second-order valence-corrected chi connectivity index (χ2v) is 9.78. The van der Waals surface area contributed by atoms with Crippen molar-refractivity contribution in [1.82, 2.24) is 10.3 Å². The number of carbonyl (C=O) groups is 1. The number of nitrogens with one attached hydrogen (secondary N) is 1. The van der Waals surface area contributed by atoms with Crippen LogP contribution in [-0.2, 0) is 6.18 Å². The number of carbonyl (C=O) groups excluding carboxylic acids is 1. The molecule has 0 atom stereocenters. The molecule has 1 aromatic heterocycles. The van der Waals surface area contributed by atoms with Gasteiger partial charge < -0.3 is 10.2 Å². The Morgan fingerprint density at radius 1 is 1.23 bits per heavy atom. The van der Waals surface area contributed by atoms with Crippen molar-refractivity contribution in [3.63, 3.8) is 0 Å². The number of hydrogen-bond acceptors (Lipinski definition) is 4. The van der Waals surface area contributed by atoms with Gasteiger partial charge in [0.2, 0.25) is 0 Å². The first kappa shape index (κ1) is 26.3. The lowest BCUT2D eigenvalue weighted by molar-refractivity contribution is -0.140. The molecule has 1 amide bonds. The van der Waals surface area contributed by atoms with E-state index in [2.05, 4.69) is 24.1 Å². The molecule has 1 aliphatic heterocycles. The zero-order valence-corrected chi connectivity index (χ0v) is 20.8. The summed E-state index contributed by atoms with van der Waals surface area (Å²) >= 11 is 0. The Kier molecular flexibility index (Phi) is 7.59. The number of nitrogens with zero attached hydrogens (tertiary/aromatic N) is 3. The molecule has 0 saturated carbocycles. The molecule has 1 saturated heterocycles. The number of benzene rings is 1. The Morgan fingerprint density at radius 2 is 1.89 bits per heavy atom. The number of aromatic nitrogens is 1. The van der Waals surface area contributed by atoms with Gasteiger partial charge in [-0.15, -0.1) is 0 Å². The van der Waals surface area contributed by atoms with Crippen LogP contribution in [0.2, 0.25) is 0 Å². The van der Waals surface area contributed by atoms with Gasteiger partial charge in [0.05, 0.1) is 17.2 Å². The minimum atomic E-state index is -4.73. The second kappa shape index (κ2) is 10.1. The van der Waals surface area contributed by atoms with E-state index in [9.17, 15) is 18.0 Å². The first-order valence-corrected chi connectivity index (χ1v) is 11.7. The van der Waals surface area contributed by atoms with Crippen LogP contribution < -0.4 is 10.2 Å². The molecule has 0 bridgehead atoms. The van der Waals surface area contributed by atoms with Gasteiger partial charge in [-0.2, -0.15) is 18.4 Å². The van der Waals surface area contributed by atoms with Crippen molar-refractivity contribution < 1.29 is 19.4 Å². The van der Waals surface area contributed by atoms with Crippen molar-refractivity contribution in [3.05, 3.63) is 58.4 Å². The summed E-state index contributed by atoms with van der Waals surface area (Å²) < 4.78 is 43.1. The molecular formula is C27H33F3N4O. The van der Waals surface area contributed by atoms with Crippen molar-refractivity contribution in [2.75, 3.05) is 18.0 Å². The second-order valence-electron chi connectivity index (χ2n) is 9.78. The van der Waals surface area contributed by atoms with Crippen molar-refractivity contribution in [2.24, 2.45) is 5.41 Å². The Balaban J connectivity index is 0.00000456. The third kappa shape index (κ3) is 5.84. The molecule has 8 heteroatoms. The highest BCUT2D eigenvalue weighted by Gasteiger charge is 2.40. The number of allylic oxidation sites excluding steroid dienone is 2. The van der Waals surface area contributed by atoms with Crippen LogP contribution in [0.15, 0.2) is 36.0 Å². The summed E-state index contributed by atoms with van der Waals surface area (Å²) in [6.45, 7) is 10.4. The maximum absolute atomic E-state index is 14.4. The number of amides is 1. The van der Waals surface area contributed by atoms with Crippen LogP contribution in [0.1, 0.15) is 75.6 Å². The maximum atomic E-state index is 14.4. The number of rotatable bonds is 4. The fraction of sp³-hybridized carbons (Fsp3) is 0.444. The van der Waals surface area contributed by atoms with Gasteiger partial charge in [-0.1, -0.05) is 32.1 Å². The zero-order valence-electron chi connectivity index (χ0n) is 20.8. The monoisotopic (exact) mass is 486 g/mol. The molecule has 3 rings (SSSR count). The summed E-state index contributed by atoms with van der Waals surface area (Å²) in [7, 11) is 0. The normalized spacial score (nSPS) is 16.4. The summed E-state index contributed by atoms with van der Waals surface area (Å²) in [5, 5.41) is 11.9. The van der Waals surface area contributed by atoms with Crippen LogP contribution in [0.5, 0.6) is 0 Å². The Hall–Kier alpha value is -3.34. The number of nitriles is 1. The molecule has 35 heavy (non-hydrogen) atoms. The maximum Gasteiger partial charge on any atom is 0.434 e. The highest BCUT2D eigenvalue weighted by atomic mass is 19.4. The minimum absolute atomic E-state index is 0. The van der Waals surface area contributed by atoms with Crippen LogP contribution >= 0.6 is 0 Å². The van der Waals surface area contributed by atoms with Crippen molar-refractivity contribution in [1.29, 1.82) is 5.26 Å². The van der Waals surface area contributed by atoms with Crippen LogP contribution in [0.4, 0.5) is 19.0 Å². The molecule has 2 aromatic rings. The van der Waals surface area contributed by atoms with Crippen molar-refractivity contribution in [2.45, 2.75) is 60.1 Å². The number of halogens is 3. The van der Waals surface area contributed by atoms with Gasteiger partial charge in [-0.05, 0) is 68.7 Å². The van der Waals surface area contributed by atoms with Gasteiger partial charge in [0, 0.05) is 25.8 Å². The van der Waals surface area contributed by atoms with Gasteiger partial charge in [-0.25, -0.2) is 4.98 Å². The van der Waals surface area contributed by atoms with Gasteiger partial charge in [0.15, 0.2) is 5.69 Å². The van der Waals surface area contributed by atoms with Gasteiger partial charge in [0.25, 0.3) is 5.91 Å². The van der Waals surface area contributed by atoms with E-state index in [4.69, 9.17) is 5.26 Å². The first-order chi connectivity index (χ1) is 16.4. The number of alkyl halides is 3. The zero-order chi connectivity index (χ0) is 26.0. The quantitative estimate of drug-likeness (QED) is 0.512. The van der Waals surface area contributed by atoms with E-state index >= 15 is 0 Å². The Bertz CT molecular complexity index is 1180. The molecule has 0 spiro atoms. The first-order valence-electron chi connectivity index (χ1n) is 11.7. The number of pyridine rings is 1. The molecule has 0 unspecified atom stereocenters. The van der Waals surface area contributed by atoms with Gasteiger partial charge in [-0.3, -0.25) is 4.79 Å². The van der Waals surface area contributed by atoms with E-state index in [0.29, 0.717) is 24.4 Å². The largest absolute Gasteiger partial charge is 0.434 e. The van der Waals surface area contributed by atoms with Crippen molar-refractivity contribution >= 4 is 11.7 Å². The molecule has 1 fully saturated rings. The predicted molar refractivity (Wildman–Crippen MR) is 133 cm³/mol. The fourth-order valence-electron chi connectivity index (χ4n) is 4.41. The highest BCUT2D eigenvalue weighted by molar-refractivity contribution is 6.03. The molecule has 1 aliphatic rings. The summed E-state index contributed by atoms with van der Waals surface area (Å²) in [4.78, 5) is 19.4. The molecule has 5 nitrogen and oxygen atoms in total. The van der Waals surface area contributed by atoms with E-state index < -0.39 is 17.8 Å². The van der Waals surface area contributed by atoms with Gasteiger partial charge in [0.1, 0.15) is 5.82 Å². The van der Waals surface area contributed by atoms with E-state index in [-0.39, 0.29) is 34.9 Å². The molecule has 0 aliphatic carbocycles. The standard InChI is InChI=1S/C27H31F3N4O.H2/c1-6-17(2)32-25(35)22-18(3)21(20-10-8-19(16-31)9-11-20)23(27(28,29)30)33-24(22)34-14-7-12-26(4,5)13-15-34;/h6,8-11H,7,12-15H2,1-5H3,(H,32,35);1H/b17-6+;. The highest BCUT2D eigenvalue weighted by Crippen LogP contribution is 2.42. The van der Waals surface area contributed by atoms with Crippen molar-refractivity contribution in [3.8, 4) is 17.2 Å². The lowest BCUT2D eigenvalue weighted by Gasteiger charge is -2.28. The molecule has 2 heterocycles. The lowest BCUT2D eigenvalue weighted by Crippen LogP contribution is -2.32. The molecule has 188 valence electrons. The van der Waals surface area contributed by atoms with E-state index in [1.54, 1.807) is 19.9 Å². The Labute approximate surface area is 206 Å². The molecular weight excluding hydrogens is 453 g/mol. The molecule has 1 aromatic carbocycles. The van der Waals surface area contributed by atoms with E-state index in [0.717, 1.165) is 19.3 Å². The third-order valence-electron chi connectivity index (χ3n) is 6.61. The average molecular weight is 487 g/mol.